The molecule has 4 N–H and O–H groups in total. The summed E-state index contributed by atoms with van der Waals surface area (Å²) in [4.78, 5) is 23.1. The quantitative estimate of drug-likeness (QED) is 0.558. The minimum absolute atomic E-state index is 0.0339. The highest BCUT2D eigenvalue weighted by atomic mass is 32.1. The molecule has 0 aliphatic rings. The number of nitrogens with two attached hydrogens (primary N) is 2. The number of hydrogen-bond donors (Lipinski definition) is 2. The molecule has 23 heavy (non-hydrogen) atoms. The first-order chi connectivity index (χ1) is 10.9. The van der Waals surface area contributed by atoms with Crippen molar-refractivity contribution in [2.24, 2.45) is 5.73 Å². The summed E-state index contributed by atoms with van der Waals surface area (Å²) in [7, 11) is 0. The number of thiocarbonyl (C=S) groups is 1. The van der Waals surface area contributed by atoms with Gasteiger partial charge in [-0.05, 0) is 13.0 Å². The van der Waals surface area contributed by atoms with E-state index in [2.05, 4.69) is 5.10 Å². The van der Waals surface area contributed by atoms with Crippen molar-refractivity contribution >= 4 is 35.0 Å². The molecular formula is C14H13N4O4S-. The number of nitrogens with zero attached hydrogens (tertiary/aromatic N) is 2. The van der Waals surface area contributed by atoms with E-state index < -0.39 is 11.9 Å². The molecule has 0 aliphatic heterocycles. The molecule has 0 aliphatic carbocycles. The molecule has 2 rings (SSSR count). The van der Waals surface area contributed by atoms with Crippen molar-refractivity contribution in [1.82, 2.24) is 9.78 Å². The van der Waals surface area contributed by atoms with E-state index in [1.807, 2.05) is 0 Å². The van der Waals surface area contributed by atoms with Crippen LogP contribution in [0, 0.1) is 0 Å². The molecule has 0 spiro atoms. The third-order valence-corrected chi connectivity index (χ3v) is 3.19. The third kappa shape index (κ3) is 2.99. The molecule has 1 heterocycles. The first-order valence-corrected chi connectivity index (χ1v) is 6.95. The van der Waals surface area contributed by atoms with E-state index in [0.29, 0.717) is 0 Å². The number of para-hydroxylation sites is 1. The zero-order valence-electron chi connectivity index (χ0n) is 12.1. The van der Waals surface area contributed by atoms with Gasteiger partial charge in [-0.1, -0.05) is 30.4 Å². The van der Waals surface area contributed by atoms with Crippen LogP contribution in [0.4, 0.5) is 5.82 Å². The van der Waals surface area contributed by atoms with E-state index in [9.17, 15) is 14.7 Å². The Morgan fingerprint density at radius 3 is 2.61 bits per heavy atom. The summed E-state index contributed by atoms with van der Waals surface area (Å²) in [5.41, 5.74) is 11.4. The highest BCUT2D eigenvalue weighted by molar-refractivity contribution is 7.80. The van der Waals surface area contributed by atoms with Gasteiger partial charge in [-0.2, -0.15) is 5.10 Å². The smallest absolute Gasteiger partial charge is 0.359 e. The number of nitrogen functional groups attached to an aromatic ring is 1. The molecule has 0 amide bonds. The Balaban J connectivity index is 2.71. The second-order valence-electron chi connectivity index (χ2n) is 4.41. The van der Waals surface area contributed by atoms with E-state index >= 15 is 0 Å². The van der Waals surface area contributed by atoms with Crippen LogP contribution < -0.4 is 16.6 Å². The zero-order chi connectivity index (χ0) is 17.1. The Labute approximate surface area is 136 Å². The van der Waals surface area contributed by atoms with Gasteiger partial charge in [0.1, 0.15) is 10.8 Å². The van der Waals surface area contributed by atoms with E-state index in [-0.39, 0.29) is 39.9 Å². The van der Waals surface area contributed by atoms with Crippen LogP contribution in [-0.4, -0.2) is 33.3 Å². The molecular weight excluding hydrogens is 320 g/mol. The lowest BCUT2D eigenvalue weighted by atomic mass is 10.2. The lowest BCUT2D eigenvalue weighted by molar-refractivity contribution is -0.255. The van der Waals surface area contributed by atoms with Gasteiger partial charge in [0, 0.05) is 5.56 Å². The second-order valence-corrected chi connectivity index (χ2v) is 4.85. The van der Waals surface area contributed by atoms with Crippen molar-refractivity contribution < 1.29 is 19.4 Å². The number of benzene rings is 1. The number of carbonyl (C=O) groups is 2. The largest absolute Gasteiger partial charge is 0.545 e. The first kappa shape index (κ1) is 16.4. The predicted molar refractivity (Wildman–Crippen MR) is 84.2 cm³/mol. The van der Waals surface area contributed by atoms with Gasteiger partial charge < -0.3 is 26.1 Å². The number of ether oxygens (including phenoxy) is 1. The van der Waals surface area contributed by atoms with Gasteiger partial charge in [-0.25, -0.2) is 9.48 Å². The third-order valence-electron chi connectivity index (χ3n) is 2.99. The number of carboxylic acid groups (broad SMARTS) is 1. The molecule has 120 valence electrons. The van der Waals surface area contributed by atoms with E-state index in [4.69, 9.17) is 28.4 Å². The molecule has 0 saturated heterocycles. The molecule has 0 radical (unpaired) electrons. The number of carbonyl (C=O) groups excluding carboxylic acids is 2. The summed E-state index contributed by atoms with van der Waals surface area (Å²) in [6.45, 7) is 1.75. The number of aromatic nitrogens is 2. The van der Waals surface area contributed by atoms with Gasteiger partial charge in [-0.15, -0.1) is 0 Å². The van der Waals surface area contributed by atoms with Gasteiger partial charge in [0.15, 0.2) is 5.69 Å². The molecule has 0 bridgehead atoms. The van der Waals surface area contributed by atoms with Gasteiger partial charge in [-0.3, -0.25) is 0 Å². The lowest BCUT2D eigenvalue weighted by Crippen LogP contribution is -2.24. The fraction of sp³-hybridized carbons (Fsp3) is 0.143. The van der Waals surface area contributed by atoms with E-state index in [1.165, 1.54) is 18.2 Å². The van der Waals surface area contributed by atoms with Gasteiger partial charge >= 0.3 is 5.97 Å². The van der Waals surface area contributed by atoms with Crippen molar-refractivity contribution in [3.63, 3.8) is 0 Å². The fourth-order valence-electron chi connectivity index (χ4n) is 2.03. The molecule has 0 unspecified atom stereocenters. The van der Waals surface area contributed by atoms with Crippen LogP contribution in [0.15, 0.2) is 24.3 Å². The van der Waals surface area contributed by atoms with Crippen molar-refractivity contribution in [2.45, 2.75) is 6.92 Å². The van der Waals surface area contributed by atoms with Crippen molar-refractivity contribution in [3.05, 3.63) is 41.1 Å². The molecule has 9 heteroatoms. The molecule has 0 saturated carbocycles. The number of aromatic carboxylic acids is 1. The highest BCUT2D eigenvalue weighted by Crippen LogP contribution is 2.24. The molecule has 8 nitrogen and oxygen atoms in total. The summed E-state index contributed by atoms with van der Waals surface area (Å²) < 4.78 is 5.96. The average Bonchev–Trinajstić information content (AvgIpc) is 2.85. The number of anilines is 1. The van der Waals surface area contributed by atoms with Gasteiger partial charge in [0.2, 0.25) is 0 Å². The van der Waals surface area contributed by atoms with Crippen LogP contribution in [0.1, 0.15) is 33.3 Å². The van der Waals surface area contributed by atoms with Crippen LogP contribution in [0.3, 0.4) is 0 Å². The maximum atomic E-state index is 12.0. The summed E-state index contributed by atoms with van der Waals surface area (Å²) >= 11 is 4.90. The van der Waals surface area contributed by atoms with Crippen molar-refractivity contribution in [1.29, 1.82) is 0 Å². The maximum absolute atomic E-state index is 12.0. The Morgan fingerprint density at radius 1 is 1.39 bits per heavy atom. The van der Waals surface area contributed by atoms with Crippen molar-refractivity contribution in [3.8, 4) is 5.69 Å². The standard InChI is InChI=1S/C14H14N4O4S/c1-2-22-14(21)10-9(12(16)23)11(15)18(17-10)8-6-4-3-5-7(8)13(19)20/h3-6H,2,15H2,1H3,(H2,16,23)(H,19,20)/p-1. The Morgan fingerprint density at radius 2 is 2.04 bits per heavy atom. The van der Waals surface area contributed by atoms with Crippen LogP contribution in [-0.2, 0) is 4.74 Å². The van der Waals surface area contributed by atoms with Crippen LogP contribution in [0.25, 0.3) is 5.69 Å². The summed E-state index contributed by atoms with van der Waals surface area (Å²) in [6.07, 6.45) is 0. The normalized spacial score (nSPS) is 10.3. The van der Waals surface area contributed by atoms with Gasteiger partial charge in [0.05, 0.1) is 23.8 Å². The lowest BCUT2D eigenvalue weighted by Gasteiger charge is -2.11. The topological polar surface area (TPSA) is 136 Å². The molecule has 1 aromatic heterocycles. The summed E-state index contributed by atoms with van der Waals surface area (Å²) in [5.74, 6) is -2.23. The number of hydrogen-bond acceptors (Lipinski definition) is 7. The van der Waals surface area contributed by atoms with Crippen LogP contribution in [0.2, 0.25) is 0 Å². The minimum Gasteiger partial charge on any atom is -0.545 e. The zero-order valence-corrected chi connectivity index (χ0v) is 12.9. The molecule has 1 aromatic carbocycles. The summed E-state index contributed by atoms with van der Waals surface area (Å²) in [6, 6.07) is 5.91. The Bertz CT molecular complexity index is 800. The molecule has 2 aromatic rings. The maximum Gasteiger partial charge on any atom is 0.359 e. The van der Waals surface area contributed by atoms with E-state index in [0.717, 1.165) is 4.68 Å². The molecule has 0 atom stereocenters. The fourth-order valence-corrected chi connectivity index (χ4v) is 2.23. The molecule has 0 fully saturated rings. The Hall–Kier alpha value is -2.94. The SMILES string of the molecule is CCOC(=O)c1nn(-c2ccccc2C(=O)[O-])c(N)c1C(N)=S. The average molecular weight is 333 g/mol. The van der Waals surface area contributed by atoms with Crippen molar-refractivity contribution in [2.75, 3.05) is 12.3 Å². The van der Waals surface area contributed by atoms with E-state index in [1.54, 1.807) is 13.0 Å². The predicted octanol–water partition coefficient (Wildman–Crippen LogP) is -0.371. The Kier molecular flexibility index (Phi) is 4.60. The highest BCUT2D eigenvalue weighted by Gasteiger charge is 2.25. The monoisotopic (exact) mass is 333 g/mol. The second kappa shape index (κ2) is 6.44. The van der Waals surface area contributed by atoms with Crippen LogP contribution in [0.5, 0.6) is 0 Å². The minimum atomic E-state index is -1.41. The number of carboxylic acids is 1. The first-order valence-electron chi connectivity index (χ1n) is 6.54. The van der Waals surface area contributed by atoms with Gasteiger partial charge in [0.25, 0.3) is 0 Å². The number of rotatable bonds is 5. The van der Waals surface area contributed by atoms with Crippen LogP contribution >= 0.6 is 12.2 Å². The number of esters is 1. The summed E-state index contributed by atoms with van der Waals surface area (Å²) in [5, 5.41) is 15.3.